The molecule has 0 spiro atoms. The SMILES string of the molecule is O=C(CN1C(=O)c2cccc(Cl)c2C1=O)NCc1ccc(F)cc1. The van der Waals surface area contributed by atoms with Crippen LogP contribution >= 0.6 is 11.6 Å². The highest BCUT2D eigenvalue weighted by Gasteiger charge is 2.38. The maximum absolute atomic E-state index is 12.8. The van der Waals surface area contributed by atoms with Crippen molar-refractivity contribution in [2.45, 2.75) is 6.54 Å². The number of nitrogens with zero attached hydrogens (tertiary/aromatic N) is 1. The average Bonchev–Trinajstić information content (AvgIpc) is 2.80. The van der Waals surface area contributed by atoms with Gasteiger partial charge in [0.2, 0.25) is 5.91 Å². The Hall–Kier alpha value is -2.73. The summed E-state index contributed by atoms with van der Waals surface area (Å²) in [5.41, 5.74) is 1.02. The summed E-state index contributed by atoms with van der Waals surface area (Å²) < 4.78 is 12.8. The molecule has 0 radical (unpaired) electrons. The number of halogens is 2. The van der Waals surface area contributed by atoms with Gasteiger partial charge in [-0.05, 0) is 29.8 Å². The third-order valence-electron chi connectivity index (χ3n) is 3.65. The minimum Gasteiger partial charge on any atom is -0.350 e. The highest BCUT2D eigenvalue weighted by molar-refractivity contribution is 6.37. The number of carbonyl (C=O) groups is 3. The second-order valence-electron chi connectivity index (χ2n) is 5.26. The van der Waals surface area contributed by atoms with E-state index in [9.17, 15) is 18.8 Å². The number of hydrogen-bond donors (Lipinski definition) is 1. The lowest BCUT2D eigenvalue weighted by Crippen LogP contribution is -2.40. The van der Waals surface area contributed by atoms with Gasteiger partial charge in [0.05, 0.1) is 16.1 Å². The predicted molar refractivity (Wildman–Crippen MR) is 85.1 cm³/mol. The molecule has 1 aliphatic rings. The lowest BCUT2D eigenvalue weighted by Gasteiger charge is -2.13. The Balaban J connectivity index is 1.65. The Kier molecular flexibility index (Phi) is 4.31. The van der Waals surface area contributed by atoms with Crippen molar-refractivity contribution < 1.29 is 18.8 Å². The number of hydrogen-bond acceptors (Lipinski definition) is 3. The molecule has 0 aromatic heterocycles. The molecule has 3 amide bonds. The minimum atomic E-state index is -0.586. The van der Waals surface area contributed by atoms with Crippen LogP contribution in [-0.2, 0) is 11.3 Å². The highest BCUT2D eigenvalue weighted by Crippen LogP contribution is 2.28. The summed E-state index contributed by atoms with van der Waals surface area (Å²) >= 11 is 5.95. The van der Waals surface area contributed by atoms with Crippen LogP contribution in [0.2, 0.25) is 5.02 Å². The molecule has 122 valence electrons. The van der Waals surface area contributed by atoms with Crippen LogP contribution in [0.5, 0.6) is 0 Å². The van der Waals surface area contributed by atoms with Gasteiger partial charge >= 0.3 is 0 Å². The Labute approximate surface area is 142 Å². The fourth-order valence-electron chi connectivity index (χ4n) is 2.44. The molecule has 24 heavy (non-hydrogen) atoms. The summed E-state index contributed by atoms with van der Waals surface area (Å²) in [5.74, 6) is -2.00. The van der Waals surface area contributed by atoms with E-state index < -0.39 is 24.3 Å². The van der Waals surface area contributed by atoms with E-state index in [2.05, 4.69) is 5.32 Å². The molecule has 3 rings (SSSR count). The largest absolute Gasteiger partial charge is 0.350 e. The van der Waals surface area contributed by atoms with Crippen molar-refractivity contribution in [2.75, 3.05) is 6.54 Å². The van der Waals surface area contributed by atoms with E-state index in [1.807, 2.05) is 0 Å². The molecular formula is C17H12ClFN2O3. The van der Waals surface area contributed by atoms with Crippen LogP contribution in [0, 0.1) is 5.82 Å². The lowest BCUT2D eigenvalue weighted by molar-refractivity contribution is -0.121. The molecule has 5 nitrogen and oxygen atoms in total. The third kappa shape index (κ3) is 3.00. The second-order valence-corrected chi connectivity index (χ2v) is 5.67. The van der Waals surface area contributed by atoms with Crippen LogP contribution in [0.15, 0.2) is 42.5 Å². The molecule has 0 fully saturated rings. The smallest absolute Gasteiger partial charge is 0.263 e. The van der Waals surface area contributed by atoms with Crippen molar-refractivity contribution in [1.82, 2.24) is 10.2 Å². The Morgan fingerprint density at radius 1 is 1.08 bits per heavy atom. The van der Waals surface area contributed by atoms with Crippen LogP contribution < -0.4 is 5.32 Å². The fraction of sp³-hybridized carbons (Fsp3) is 0.118. The first-order chi connectivity index (χ1) is 11.5. The Morgan fingerprint density at radius 3 is 2.46 bits per heavy atom. The van der Waals surface area contributed by atoms with Gasteiger partial charge in [-0.1, -0.05) is 29.8 Å². The van der Waals surface area contributed by atoms with Gasteiger partial charge in [0.25, 0.3) is 11.8 Å². The van der Waals surface area contributed by atoms with Crippen molar-refractivity contribution in [3.63, 3.8) is 0 Å². The van der Waals surface area contributed by atoms with Gasteiger partial charge in [0.1, 0.15) is 12.4 Å². The van der Waals surface area contributed by atoms with Crippen LogP contribution in [0.25, 0.3) is 0 Å². The zero-order valence-corrected chi connectivity index (χ0v) is 13.1. The summed E-state index contributed by atoms with van der Waals surface area (Å²) in [6.45, 7) is -0.229. The maximum Gasteiger partial charge on any atom is 0.263 e. The van der Waals surface area contributed by atoms with Gasteiger partial charge in [0.15, 0.2) is 0 Å². The van der Waals surface area contributed by atoms with E-state index in [0.717, 1.165) is 4.90 Å². The van der Waals surface area contributed by atoms with Crippen LogP contribution in [0.4, 0.5) is 4.39 Å². The monoisotopic (exact) mass is 346 g/mol. The molecule has 0 bridgehead atoms. The summed E-state index contributed by atoms with van der Waals surface area (Å²) in [4.78, 5) is 37.4. The molecule has 0 saturated carbocycles. The summed E-state index contributed by atoms with van der Waals surface area (Å²) in [7, 11) is 0. The topological polar surface area (TPSA) is 66.5 Å². The first kappa shape index (κ1) is 16.1. The Morgan fingerprint density at radius 2 is 1.79 bits per heavy atom. The van der Waals surface area contributed by atoms with Gasteiger partial charge in [-0.15, -0.1) is 0 Å². The number of carbonyl (C=O) groups excluding carboxylic acids is 3. The van der Waals surface area contributed by atoms with E-state index >= 15 is 0 Å². The van der Waals surface area contributed by atoms with Crippen molar-refractivity contribution >= 4 is 29.3 Å². The molecule has 0 atom stereocenters. The summed E-state index contributed by atoms with van der Waals surface area (Å²) in [5, 5.41) is 2.77. The number of imide groups is 1. The van der Waals surface area contributed by atoms with Gasteiger partial charge in [-0.3, -0.25) is 19.3 Å². The lowest BCUT2D eigenvalue weighted by atomic mass is 10.1. The molecule has 1 N–H and O–H groups in total. The number of rotatable bonds is 4. The summed E-state index contributed by atoms with van der Waals surface area (Å²) in [6.07, 6.45) is 0. The van der Waals surface area contributed by atoms with Gasteiger partial charge < -0.3 is 5.32 Å². The molecule has 0 aliphatic carbocycles. The van der Waals surface area contributed by atoms with E-state index in [4.69, 9.17) is 11.6 Å². The number of fused-ring (bicyclic) bond motifs is 1. The van der Waals surface area contributed by atoms with Crippen LogP contribution in [0.1, 0.15) is 26.3 Å². The minimum absolute atomic E-state index is 0.121. The normalized spacial score (nSPS) is 13.2. The average molecular weight is 347 g/mol. The molecule has 0 saturated heterocycles. The van der Waals surface area contributed by atoms with E-state index in [1.54, 1.807) is 6.07 Å². The van der Waals surface area contributed by atoms with Crippen molar-refractivity contribution in [2.24, 2.45) is 0 Å². The predicted octanol–water partition coefficient (Wildman–Crippen LogP) is 2.39. The molecule has 7 heteroatoms. The molecular weight excluding hydrogens is 335 g/mol. The van der Waals surface area contributed by atoms with Crippen LogP contribution in [-0.4, -0.2) is 29.2 Å². The zero-order valence-electron chi connectivity index (χ0n) is 12.4. The first-order valence-corrected chi connectivity index (χ1v) is 7.51. The summed E-state index contributed by atoms with van der Waals surface area (Å²) in [6, 6.07) is 10.2. The third-order valence-corrected chi connectivity index (χ3v) is 3.97. The maximum atomic E-state index is 12.8. The van der Waals surface area contributed by atoms with Crippen LogP contribution in [0.3, 0.4) is 0 Å². The van der Waals surface area contributed by atoms with E-state index in [1.165, 1.54) is 36.4 Å². The molecule has 2 aromatic rings. The van der Waals surface area contributed by atoms with Crippen molar-refractivity contribution in [1.29, 1.82) is 0 Å². The zero-order chi connectivity index (χ0) is 17.3. The van der Waals surface area contributed by atoms with E-state index in [-0.39, 0.29) is 28.5 Å². The highest BCUT2D eigenvalue weighted by atomic mass is 35.5. The number of nitrogens with one attached hydrogen (secondary N) is 1. The fourth-order valence-corrected chi connectivity index (χ4v) is 2.69. The van der Waals surface area contributed by atoms with Crippen molar-refractivity contribution in [3.05, 3.63) is 70.0 Å². The van der Waals surface area contributed by atoms with Crippen molar-refractivity contribution in [3.8, 4) is 0 Å². The molecule has 0 unspecified atom stereocenters. The quantitative estimate of drug-likeness (QED) is 0.864. The van der Waals surface area contributed by atoms with Gasteiger partial charge in [-0.25, -0.2) is 4.39 Å². The second kappa shape index (κ2) is 6.41. The number of benzene rings is 2. The molecule has 2 aromatic carbocycles. The first-order valence-electron chi connectivity index (χ1n) is 7.13. The Bertz CT molecular complexity index is 836. The molecule has 1 aliphatic heterocycles. The molecule has 1 heterocycles. The van der Waals surface area contributed by atoms with Gasteiger partial charge in [-0.2, -0.15) is 0 Å². The van der Waals surface area contributed by atoms with E-state index in [0.29, 0.717) is 5.56 Å². The van der Waals surface area contributed by atoms with Gasteiger partial charge in [0, 0.05) is 6.54 Å². The number of amides is 3. The standard InChI is InChI=1S/C17H12ClFN2O3/c18-13-3-1-2-12-15(13)17(24)21(16(12)23)9-14(22)20-8-10-4-6-11(19)7-5-10/h1-7H,8-9H2,(H,20,22).